The van der Waals surface area contributed by atoms with E-state index in [9.17, 15) is 14.7 Å². The molecule has 3 N–H and O–H groups in total. The van der Waals surface area contributed by atoms with E-state index in [-0.39, 0.29) is 5.91 Å². The lowest BCUT2D eigenvalue weighted by Crippen LogP contribution is -2.37. The normalized spacial score (nSPS) is 15.7. The number of ether oxygens (including phenoxy) is 1. The maximum Gasteiger partial charge on any atom is 0.341 e. The number of carbonyl (C=O) groups is 2. The van der Waals surface area contributed by atoms with Crippen molar-refractivity contribution in [2.75, 3.05) is 6.61 Å². The first-order valence-electron chi connectivity index (χ1n) is 12.9. The molecule has 5 rings (SSSR count). The molecule has 1 saturated carbocycles. The van der Waals surface area contributed by atoms with Gasteiger partial charge in [0.2, 0.25) is 0 Å². The van der Waals surface area contributed by atoms with Gasteiger partial charge in [0.05, 0.1) is 35.0 Å². The first-order valence-corrected chi connectivity index (χ1v) is 12.9. The van der Waals surface area contributed by atoms with Crippen LogP contribution in [0.4, 0.5) is 0 Å². The van der Waals surface area contributed by atoms with E-state index in [1.165, 1.54) is 19.3 Å². The molecular weight excluding hydrogens is 486 g/mol. The molecule has 0 unspecified atom stereocenters. The second-order valence-electron chi connectivity index (χ2n) is 9.77. The Morgan fingerprint density at radius 3 is 2.58 bits per heavy atom. The fraction of sp³-hybridized carbons (Fsp3) is 0.345. The van der Waals surface area contributed by atoms with Crippen LogP contribution in [0.3, 0.4) is 0 Å². The van der Waals surface area contributed by atoms with Gasteiger partial charge in [-0.3, -0.25) is 4.79 Å². The van der Waals surface area contributed by atoms with Crippen LogP contribution in [-0.4, -0.2) is 44.3 Å². The number of amides is 1. The van der Waals surface area contributed by atoms with E-state index in [0.29, 0.717) is 22.9 Å². The Kier molecular flexibility index (Phi) is 7.46. The second-order valence-corrected chi connectivity index (χ2v) is 9.77. The summed E-state index contributed by atoms with van der Waals surface area (Å²) in [5.74, 6) is -0.146. The first kappa shape index (κ1) is 25.5. The van der Waals surface area contributed by atoms with Crippen LogP contribution in [0, 0.1) is 0 Å². The average Bonchev–Trinajstić information content (AvgIpc) is 3.60. The highest BCUT2D eigenvalue weighted by molar-refractivity contribution is 5.98. The molecule has 2 heterocycles. The number of nitrogens with zero attached hydrogens (tertiary/aromatic N) is 2. The van der Waals surface area contributed by atoms with Crippen LogP contribution in [-0.2, 0) is 4.79 Å². The highest BCUT2D eigenvalue weighted by Gasteiger charge is 2.24. The molecule has 4 aromatic rings. The standard InChI is InChI=1S/C29H31N3O6/c1-18(27(35)19-7-10-23(11-8-19)38-17-26(33)34)30-29(36)20-9-12-25-24(15-20)31-28(21-13-14-37-16-21)32(25)22-5-3-2-4-6-22/h7-16,18,22,27,35H,2-6,17H2,1H3,(H,30,36)(H,33,34)/t18-,27-/m1/s1. The number of imidazole rings is 1. The van der Waals surface area contributed by atoms with Crippen molar-refractivity contribution in [1.82, 2.24) is 14.9 Å². The van der Waals surface area contributed by atoms with Crippen molar-refractivity contribution in [2.45, 2.75) is 57.2 Å². The molecule has 0 spiro atoms. The van der Waals surface area contributed by atoms with Gasteiger partial charge in [0.25, 0.3) is 5.91 Å². The number of hydrogen-bond acceptors (Lipinski definition) is 6. The quantitative estimate of drug-likeness (QED) is 0.281. The Hall–Kier alpha value is -4.11. The van der Waals surface area contributed by atoms with E-state index in [4.69, 9.17) is 19.2 Å². The summed E-state index contributed by atoms with van der Waals surface area (Å²) in [4.78, 5) is 28.7. The Balaban J connectivity index is 1.33. The molecule has 0 radical (unpaired) electrons. The number of aliphatic carboxylic acids is 1. The molecule has 0 aliphatic heterocycles. The van der Waals surface area contributed by atoms with Crippen LogP contribution in [0.15, 0.2) is 65.5 Å². The van der Waals surface area contributed by atoms with Gasteiger partial charge in [0.1, 0.15) is 17.8 Å². The summed E-state index contributed by atoms with van der Waals surface area (Å²) in [6, 6.07) is 13.7. The maximum atomic E-state index is 13.1. The molecule has 1 aliphatic rings. The van der Waals surface area contributed by atoms with Crippen molar-refractivity contribution < 1.29 is 29.0 Å². The van der Waals surface area contributed by atoms with Gasteiger partial charge in [0, 0.05) is 11.6 Å². The van der Waals surface area contributed by atoms with Gasteiger partial charge in [-0.05, 0) is 61.7 Å². The smallest absolute Gasteiger partial charge is 0.341 e. The molecule has 0 saturated heterocycles. The van der Waals surface area contributed by atoms with Crippen molar-refractivity contribution in [3.05, 3.63) is 72.2 Å². The van der Waals surface area contributed by atoms with E-state index in [2.05, 4.69) is 9.88 Å². The van der Waals surface area contributed by atoms with Gasteiger partial charge in [-0.25, -0.2) is 9.78 Å². The third-order valence-corrected chi connectivity index (χ3v) is 7.09. The molecule has 2 atom stereocenters. The van der Waals surface area contributed by atoms with Gasteiger partial charge in [0.15, 0.2) is 6.61 Å². The van der Waals surface area contributed by atoms with Crippen molar-refractivity contribution in [1.29, 1.82) is 0 Å². The molecule has 198 valence electrons. The zero-order chi connectivity index (χ0) is 26.6. The number of rotatable bonds is 9. The van der Waals surface area contributed by atoms with Crippen LogP contribution in [0.25, 0.3) is 22.4 Å². The Bertz CT molecular complexity index is 1400. The molecule has 38 heavy (non-hydrogen) atoms. The van der Waals surface area contributed by atoms with E-state index < -0.39 is 24.7 Å². The van der Waals surface area contributed by atoms with Gasteiger partial charge < -0.3 is 29.3 Å². The van der Waals surface area contributed by atoms with E-state index >= 15 is 0 Å². The van der Waals surface area contributed by atoms with Crippen molar-refractivity contribution in [3.63, 3.8) is 0 Å². The topological polar surface area (TPSA) is 127 Å². The van der Waals surface area contributed by atoms with Gasteiger partial charge >= 0.3 is 5.97 Å². The molecule has 1 fully saturated rings. The van der Waals surface area contributed by atoms with Gasteiger partial charge in [-0.1, -0.05) is 31.4 Å². The van der Waals surface area contributed by atoms with Crippen LogP contribution < -0.4 is 10.1 Å². The van der Waals surface area contributed by atoms with E-state index in [0.717, 1.165) is 35.3 Å². The van der Waals surface area contributed by atoms with Crippen LogP contribution in [0.2, 0.25) is 0 Å². The van der Waals surface area contributed by atoms with E-state index in [1.54, 1.807) is 55.8 Å². The minimum atomic E-state index is -1.07. The fourth-order valence-corrected chi connectivity index (χ4v) is 5.11. The number of fused-ring (bicyclic) bond motifs is 1. The highest BCUT2D eigenvalue weighted by Crippen LogP contribution is 2.36. The SMILES string of the molecule is C[C@@H](NC(=O)c1ccc2c(c1)nc(-c1ccoc1)n2C1CCCCC1)[C@@H](O)c1ccc(OCC(=O)O)cc1. The predicted octanol–water partition coefficient (Wildman–Crippen LogP) is 5.12. The minimum absolute atomic E-state index is 0.308. The number of carboxylic acid groups (broad SMARTS) is 1. The summed E-state index contributed by atoms with van der Waals surface area (Å²) < 4.78 is 12.7. The summed E-state index contributed by atoms with van der Waals surface area (Å²) in [7, 11) is 0. The van der Waals surface area contributed by atoms with Crippen molar-refractivity contribution in [3.8, 4) is 17.1 Å². The zero-order valence-corrected chi connectivity index (χ0v) is 21.2. The van der Waals surface area contributed by atoms with Crippen LogP contribution in [0.5, 0.6) is 5.75 Å². The molecule has 2 aromatic heterocycles. The largest absolute Gasteiger partial charge is 0.482 e. The molecule has 9 heteroatoms. The Morgan fingerprint density at radius 2 is 1.89 bits per heavy atom. The lowest BCUT2D eigenvalue weighted by molar-refractivity contribution is -0.139. The first-order chi connectivity index (χ1) is 18.4. The van der Waals surface area contributed by atoms with Crippen LogP contribution in [0.1, 0.15) is 67.1 Å². The number of carbonyl (C=O) groups excluding carboxylic acids is 1. The van der Waals surface area contributed by atoms with Crippen molar-refractivity contribution >= 4 is 22.9 Å². The molecule has 1 amide bonds. The average molecular weight is 518 g/mol. The minimum Gasteiger partial charge on any atom is -0.482 e. The molecule has 1 aliphatic carbocycles. The number of aromatic nitrogens is 2. The Morgan fingerprint density at radius 1 is 1.13 bits per heavy atom. The summed E-state index contributed by atoms with van der Waals surface area (Å²) in [5.41, 5.74) is 3.68. The van der Waals surface area contributed by atoms with Gasteiger partial charge in [-0.2, -0.15) is 0 Å². The maximum absolute atomic E-state index is 13.1. The summed E-state index contributed by atoms with van der Waals surface area (Å²) in [5, 5.41) is 22.4. The monoisotopic (exact) mass is 517 g/mol. The summed E-state index contributed by atoms with van der Waals surface area (Å²) in [6.07, 6.45) is 8.20. The number of hydrogen-bond donors (Lipinski definition) is 3. The molecule has 0 bridgehead atoms. The molecule has 9 nitrogen and oxygen atoms in total. The second kappa shape index (κ2) is 11.1. The Labute approximate surface area is 220 Å². The number of nitrogens with one attached hydrogen (secondary N) is 1. The number of aliphatic hydroxyl groups is 1. The van der Waals surface area contributed by atoms with Crippen LogP contribution >= 0.6 is 0 Å². The number of aliphatic hydroxyl groups excluding tert-OH is 1. The molecule has 2 aromatic carbocycles. The molecular formula is C29H31N3O6. The zero-order valence-electron chi connectivity index (χ0n) is 21.2. The third kappa shape index (κ3) is 5.43. The lowest BCUT2D eigenvalue weighted by atomic mass is 9.95. The predicted molar refractivity (Wildman–Crippen MR) is 141 cm³/mol. The lowest BCUT2D eigenvalue weighted by Gasteiger charge is -2.25. The number of carboxylic acids is 1. The van der Waals surface area contributed by atoms with Crippen molar-refractivity contribution in [2.24, 2.45) is 0 Å². The van der Waals surface area contributed by atoms with Gasteiger partial charge in [-0.15, -0.1) is 0 Å². The number of benzene rings is 2. The summed E-state index contributed by atoms with van der Waals surface area (Å²) in [6.45, 7) is 1.28. The fourth-order valence-electron chi connectivity index (χ4n) is 5.11. The summed E-state index contributed by atoms with van der Waals surface area (Å²) >= 11 is 0. The number of furan rings is 1. The van der Waals surface area contributed by atoms with E-state index in [1.807, 2.05) is 12.1 Å². The highest BCUT2D eigenvalue weighted by atomic mass is 16.5. The third-order valence-electron chi connectivity index (χ3n) is 7.09.